The third-order valence-corrected chi connectivity index (χ3v) is 7.40. The summed E-state index contributed by atoms with van der Waals surface area (Å²) in [4.78, 5) is 54.1. The number of carbonyl (C=O) groups excluding carboxylic acids is 3. The van der Waals surface area contributed by atoms with Gasteiger partial charge in [-0.05, 0) is 84.7 Å². The highest BCUT2D eigenvalue weighted by Crippen LogP contribution is 2.48. The molecule has 2 aromatic carbocycles. The average Bonchev–Trinajstić information content (AvgIpc) is 3.67. The summed E-state index contributed by atoms with van der Waals surface area (Å²) >= 11 is 2.00. The maximum absolute atomic E-state index is 14.8. The van der Waals surface area contributed by atoms with Crippen LogP contribution in [0.1, 0.15) is 35.7 Å². The summed E-state index contributed by atoms with van der Waals surface area (Å²) in [6, 6.07) is 11.3. The van der Waals surface area contributed by atoms with Gasteiger partial charge in [-0.2, -0.15) is 0 Å². The van der Waals surface area contributed by atoms with Crippen LogP contribution in [0.3, 0.4) is 0 Å². The number of Topliss-reactive ketones (excluding diaryl/α,β-unsaturated/α-hetero) is 1. The van der Waals surface area contributed by atoms with E-state index in [-0.39, 0.29) is 45.9 Å². The van der Waals surface area contributed by atoms with E-state index in [1.807, 2.05) is 22.6 Å². The monoisotopic (exact) mass is 614 g/mol. The van der Waals surface area contributed by atoms with E-state index in [0.717, 1.165) is 12.8 Å². The van der Waals surface area contributed by atoms with E-state index in [1.165, 1.54) is 29.5 Å². The number of aromatic nitrogens is 1. The van der Waals surface area contributed by atoms with Gasteiger partial charge >= 0.3 is 0 Å². The van der Waals surface area contributed by atoms with Crippen LogP contribution in [-0.4, -0.2) is 22.2 Å². The molecule has 3 aromatic rings. The van der Waals surface area contributed by atoms with Gasteiger partial charge in [0, 0.05) is 28.8 Å². The second kappa shape index (κ2) is 9.40. The number of pyridine rings is 1. The molecular formula is C27H24FIN4O4. The number of amides is 2. The van der Waals surface area contributed by atoms with Crippen molar-refractivity contribution in [3.8, 4) is 0 Å². The zero-order chi connectivity index (χ0) is 26.6. The first kappa shape index (κ1) is 25.1. The Kier molecular flexibility index (Phi) is 6.38. The predicted molar refractivity (Wildman–Crippen MR) is 147 cm³/mol. The molecule has 0 saturated heterocycles. The third-order valence-electron chi connectivity index (χ3n) is 6.73. The maximum atomic E-state index is 14.8. The minimum atomic E-state index is -0.920. The number of rotatable bonds is 5. The lowest BCUT2D eigenvalue weighted by molar-refractivity contribution is -0.121. The Morgan fingerprint density at radius 1 is 1.11 bits per heavy atom. The lowest BCUT2D eigenvalue weighted by Crippen LogP contribution is -2.45. The van der Waals surface area contributed by atoms with Gasteiger partial charge in [0.05, 0.1) is 22.6 Å². The molecule has 0 bridgehead atoms. The molecule has 0 spiro atoms. The van der Waals surface area contributed by atoms with Gasteiger partial charge < -0.3 is 10.6 Å². The van der Waals surface area contributed by atoms with Gasteiger partial charge in [0.25, 0.3) is 5.56 Å². The Bertz CT molecular complexity index is 1550. The fraction of sp³-hybridized carbons (Fsp3) is 0.259. The van der Waals surface area contributed by atoms with E-state index >= 15 is 0 Å². The van der Waals surface area contributed by atoms with Gasteiger partial charge in [0.2, 0.25) is 11.8 Å². The number of hydrogen-bond acceptors (Lipinski definition) is 5. The zero-order valence-corrected chi connectivity index (χ0v) is 22.6. The molecule has 1 saturated carbocycles. The Hall–Kier alpha value is -3.54. The number of nitrogens with zero attached hydrogens (tertiary/aromatic N) is 2. The molecule has 1 unspecified atom stereocenters. The van der Waals surface area contributed by atoms with Crippen molar-refractivity contribution in [1.82, 2.24) is 4.57 Å². The van der Waals surface area contributed by atoms with E-state index in [9.17, 15) is 23.6 Å². The number of benzene rings is 2. The van der Waals surface area contributed by atoms with E-state index in [2.05, 4.69) is 10.6 Å². The fourth-order valence-corrected chi connectivity index (χ4v) is 5.30. The topological polar surface area (TPSA) is 101 Å². The van der Waals surface area contributed by atoms with Gasteiger partial charge in [-0.15, -0.1) is 0 Å². The second-order valence-corrected chi connectivity index (χ2v) is 10.6. The number of nitrogens with one attached hydrogen (secondary N) is 2. The van der Waals surface area contributed by atoms with Crippen LogP contribution in [0.4, 0.5) is 33.0 Å². The quantitative estimate of drug-likeness (QED) is 0.311. The van der Waals surface area contributed by atoms with E-state index in [0.29, 0.717) is 14.9 Å². The van der Waals surface area contributed by atoms with Crippen LogP contribution in [0, 0.1) is 28.1 Å². The molecule has 1 atom stereocenters. The molecule has 5 rings (SSSR count). The molecule has 8 nitrogen and oxygen atoms in total. The Balaban J connectivity index is 1.76. The minimum Gasteiger partial charge on any atom is -0.339 e. The van der Waals surface area contributed by atoms with Gasteiger partial charge in [-0.3, -0.25) is 28.6 Å². The van der Waals surface area contributed by atoms with Crippen LogP contribution in [0.25, 0.3) is 0 Å². The molecule has 0 radical (unpaired) electrons. The molecule has 1 fully saturated rings. The molecule has 2 aliphatic rings. The van der Waals surface area contributed by atoms with E-state index in [4.69, 9.17) is 0 Å². The summed E-state index contributed by atoms with van der Waals surface area (Å²) in [7, 11) is 1.51. The first-order chi connectivity index (χ1) is 17.6. The molecule has 10 heteroatoms. The lowest BCUT2D eigenvalue weighted by Gasteiger charge is -2.36. The molecule has 2 heterocycles. The van der Waals surface area contributed by atoms with Crippen molar-refractivity contribution in [2.45, 2.75) is 26.7 Å². The summed E-state index contributed by atoms with van der Waals surface area (Å²) < 4.78 is 16.8. The SMILES string of the molecule is CC(=O)Nc1cccc(N2C(=O)C(C3CC3)C(=O)c3c2c(C)c(=O)n(C)c3Nc2ccc(I)cc2F)c1. The van der Waals surface area contributed by atoms with Crippen molar-refractivity contribution >= 4 is 68.8 Å². The molecule has 1 aliphatic heterocycles. The van der Waals surface area contributed by atoms with Crippen LogP contribution in [0.15, 0.2) is 47.3 Å². The Morgan fingerprint density at radius 3 is 2.49 bits per heavy atom. The summed E-state index contributed by atoms with van der Waals surface area (Å²) in [5.74, 6) is -2.51. The van der Waals surface area contributed by atoms with Crippen molar-refractivity contribution in [3.05, 3.63) is 73.3 Å². The van der Waals surface area contributed by atoms with Gasteiger partial charge in [-0.1, -0.05) is 6.07 Å². The highest BCUT2D eigenvalue weighted by Gasteiger charge is 2.50. The smallest absolute Gasteiger partial charge is 0.256 e. The number of anilines is 5. The molecule has 1 aliphatic carbocycles. The fourth-order valence-electron chi connectivity index (χ4n) is 4.84. The van der Waals surface area contributed by atoms with Gasteiger partial charge in [0.1, 0.15) is 17.6 Å². The normalized spacial score (nSPS) is 17.0. The number of carbonyl (C=O) groups is 3. The second-order valence-electron chi connectivity index (χ2n) is 9.40. The largest absolute Gasteiger partial charge is 0.339 e. The summed E-state index contributed by atoms with van der Waals surface area (Å²) in [6.45, 7) is 2.95. The van der Waals surface area contributed by atoms with Crippen LogP contribution < -0.4 is 21.1 Å². The van der Waals surface area contributed by atoms with Crippen molar-refractivity contribution < 1.29 is 18.8 Å². The first-order valence-corrected chi connectivity index (χ1v) is 12.9. The van der Waals surface area contributed by atoms with Crippen LogP contribution >= 0.6 is 22.6 Å². The van der Waals surface area contributed by atoms with Crippen molar-refractivity contribution in [2.24, 2.45) is 18.9 Å². The maximum Gasteiger partial charge on any atom is 0.256 e. The van der Waals surface area contributed by atoms with E-state index < -0.39 is 23.2 Å². The van der Waals surface area contributed by atoms with Crippen molar-refractivity contribution in [1.29, 1.82) is 0 Å². The number of halogens is 2. The Labute approximate surface area is 226 Å². The number of hydrogen-bond donors (Lipinski definition) is 2. The minimum absolute atomic E-state index is 0.102. The average molecular weight is 614 g/mol. The summed E-state index contributed by atoms with van der Waals surface area (Å²) in [6.07, 6.45) is 1.49. The third kappa shape index (κ3) is 4.43. The zero-order valence-electron chi connectivity index (χ0n) is 20.4. The highest BCUT2D eigenvalue weighted by atomic mass is 127. The molecule has 2 N–H and O–H groups in total. The summed E-state index contributed by atoms with van der Waals surface area (Å²) in [5, 5.41) is 5.67. The molecule has 2 amide bonds. The number of ketones is 1. The lowest BCUT2D eigenvalue weighted by atomic mass is 9.85. The van der Waals surface area contributed by atoms with Gasteiger partial charge in [-0.25, -0.2) is 4.39 Å². The van der Waals surface area contributed by atoms with Gasteiger partial charge in [0.15, 0.2) is 5.78 Å². The molecule has 1 aromatic heterocycles. The summed E-state index contributed by atoms with van der Waals surface area (Å²) in [5.41, 5.74) is 1.11. The molecule has 37 heavy (non-hydrogen) atoms. The van der Waals surface area contributed by atoms with E-state index in [1.54, 1.807) is 43.3 Å². The van der Waals surface area contributed by atoms with Crippen LogP contribution in [-0.2, 0) is 16.6 Å². The highest BCUT2D eigenvalue weighted by molar-refractivity contribution is 14.1. The van der Waals surface area contributed by atoms with Crippen LogP contribution in [0.5, 0.6) is 0 Å². The molecular weight excluding hydrogens is 590 g/mol. The Morgan fingerprint density at radius 2 is 1.84 bits per heavy atom. The van der Waals surface area contributed by atoms with Crippen LogP contribution in [0.2, 0.25) is 0 Å². The van der Waals surface area contributed by atoms with Crippen molar-refractivity contribution in [3.63, 3.8) is 0 Å². The number of fused-ring (bicyclic) bond motifs is 1. The first-order valence-electron chi connectivity index (χ1n) is 11.8. The molecule has 190 valence electrons. The standard InChI is InChI=1S/C27H24FIN4O4/c1-13-23-22(25(32(3)26(13)36)31-20-10-9-16(29)11-19(20)28)24(35)21(15-7-8-15)27(37)33(23)18-6-4-5-17(12-18)30-14(2)34/h4-6,9-12,15,21,31H,7-8H2,1-3H3,(H,30,34). The van der Waals surface area contributed by atoms with Crippen molar-refractivity contribution in [2.75, 3.05) is 15.5 Å². The predicted octanol–water partition coefficient (Wildman–Crippen LogP) is 5.03.